The van der Waals surface area contributed by atoms with Crippen LogP contribution in [0.2, 0.25) is 5.02 Å². The van der Waals surface area contributed by atoms with E-state index in [2.05, 4.69) is 5.32 Å². The number of amides is 2. The second-order valence-corrected chi connectivity index (χ2v) is 5.49. The third-order valence-corrected chi connectivity index (χ3v) is 3.67. The molecule has 0 aromatic heterocycles. The van der Waals surface area contributed by atoms with E-state index in [1.54, 1.807) is 11.9 Å². The number of carbonyl (C=O) groups is 1. The molecular formula is C15H23ClN2O2. The van der Waals surface area contributed by atoms with Crippen LogP contribution in [0.3, 0.4) is 0 Å². The molecule has 0 heterocycles. The van der Waals surface area contributed by atoms with Crippen LogP contribution in [-0.4, -0.2) is 35.7 Å². The predicted octanol–water partition coefficient (Wildman–Crippen LogP) is 3.20. The number of benzene rings is 1. The third-order valence-electron chi connectivity index (χ3n) is 3.42. The molecule has 0 aliphatic carbocycles. The molecule has 0 fully saturated rings. The Bertz CT molecular complexity index is 422. The Hall–Kier alpha value is -1.26. The van der Waals surface area contributed by atoms with Crippen molar-refractivity contribution in [1.29, 1.82) is 0 Å². The molecule has 2 amide bonds. The zero-order valence-corrected chi connectivity index (χ0v) is 13.0. The highest BCUT2D eigenvalue weighted by Gasteiger charge is 2.18. The molecule has 2 unspecified atom stereocenters. The van der Waals surface area contributed by atoms with Gasteiger partial charge in [0.1, 0.15) is 0 Å². The minimum atomic E-state index is -0.113. The van der Waals surface area contributed by atoms with Crippen LogP contribution in [0.1, 0.15) is 38.3 Å². The highest BCUT2D eigenvalue weighted by atomic mass is 35.5. The largest absolute Gasteiger partial charge is 0.396 e. The van der Waals surface area contributed by atoms with Crippen molar-refractivity contribution in [3.8, 4) is 0 Å². The van der Waals surface area contributed by atoms with Gasteiger partial charge in [-0.15, -0.1) is 0 Å². The number of aliphatic hydroxyl groups excluding tert-OH is 1. The fraction of sp³-hybridized carbons (Fsp3) is 0.533. The minimum absolute atomic E-state index is 0.0303. The van der Waals surface area contributed by atoms with Crippen LogP contribution in [0.4, 0.5) is 4.79 Å². The van der Waals surface area contributed by atoms with Gasteiger partial charge in [-0.1, -0.05) is 23.7 Å². The van der Waals surface area contributed by atoms with E-state index in [-0.39, 0.29) is 24.7 Å². The van der Waals surface area contributed by atoms with E-state index in [0.29, 0.717) is 11.4 Å². The van der Waals surface area contributed by atoms with Crippen LogP contribution in [-0.2, 0) is 0 Å². The number of halogens is 1. The molecule has 2 N–H and O–H groups in total. The SMILES string of the molecule is CC(CCCO)NC(=O)N(C)C(C)c1ccc(Cl)cc1. The van der Waals surface area contributed by atoms with Crippen molar-refractivity contribution in [2.45, 2.75) is 38.8 Å². The lowest BCUT2D eigenvalue weighted by molar-refractivity contribution is 0.189. The van der Waals surface area contributed by atoms with Gasteiger partial charge in [0, 0.05) is 24.7 Å². The van der Waals surface area contributed by atoms with Gasteiger partial charge in [0.25, 0.3) is 0 Å². The average molecular weight is 299 g/mol. The first kappa shape index (κ1) is 16.8. The fourth-order valence-corrected chi connectivity index (χ4v) is 2.05. The monoisotopic (exact) mass is 298 g/mol. The summed E-state index contributed by atoms with van der Waals surface area (Å²) in [6.07, 6.45) is 1.46. The van der Waals surface area contributed by atoms with Crippen molar-refractivity contribution < 1.29 is 9.90 Å². The number of carbonyl (C=O) groups excluding carboxylic acids is 1. The molecule has 0 saturated carbocycles. The van der Waals surface area contributed by atoms with E-state index in [9.17, 15) is 4.79 Å². The van der Waals surface area contributed by atoms with E-state index in [1.807, 2.05) is 38.1 Å². The summed E-state index contributed by atoms with van der Waals surface area (Å²) in [7, 11) is 1.77. The van der Waals surface area contributed by atoms with Gasteiger partial charge >= 0.3 is 6.03 Å². The van der Waals surface area contributed by atoms with E-state index >= 15 is 0 Å². The Morgan fingerprint density at radius 2 is 1.95 bits per heavy atom. The van der Waals surface area contributed by atoms with Crippen molar-refractivity contribution in [1.82, 2.24) is 10.2 Å². The molecule has 112 valence electrons. The predicted molar refractivity (Wildman–Crippen MR) is 81.9 cm³/mol. The Kier molecular flexibility index (Phi) is 6.82. The first-order valence-electron chi connectivity index (χ1n) is 6.85. The molecule has 1 rings (SSSR count). The molecule has 0 bridgehead atoms. The number of hydrogen-bond acceptors (Lipinski definition) is 2. The minimum Gasteiger partial charge on any atom is -0.396 e. The molecule has 1 aromatic rings. The lowest BCUT2D eigenvalue weighted by atomic mass is 10.1. The Labute approximate surface area is 125 Å². The Morgan fingerprint density at radius 1 is 1.35 bits per heavy atom. The number of nitrogens with one attached hydrogen (secondary N) is 1. The van der Waals surface area contributed by atoms with Crippen LogP contribution in [0, 0.1) is 0 Å². The van der Waals surface area contributed by atoms with Crippen LogP contribution in [0.25, 0.3) is 0 Å². The molecule has 20 heavy (non-hydrogen) atoms. The average Bonchev–Trinajstić information content (AvgIpc) is 2.44. The smallest absolute Gasteiger partial charge is 0.317 e. The van der Waals surface area contributed by atoms with Crippen LogP contribution in [0.15, 0.2) is 24.3 Å². The van der Waals surface area contributed by atoms with Gasteiger partial charge in [-0.3, -0.25) is 0 Å². The highest BCUT2D eigenvalue weighted by molar-refractivity contribution is 6.30. The van der Waals surface area contributed by atoms with Gasteiger partial charge in [0.2, 0.25) is 0 Å². The molecule has 0 saturated heterocycles. The molecule has 1 aromatic carbocycles. The van der Waals surface area contributed by atoms with Gasteiger partial charge in [-0.25, -0.2) is 4.79 Å². The molecule has 5 heteroatoms. The van der Waals surface area contributed by atoms with Crippen molar-refractivity contribution in [3.05, 3.63) is 34.9 Å². The highest BCUT2D eigenvalue weighted by Crippen LogP contribution is 2.20. The van der Waals surface area contributed by atoms with Gasteiger partial charge in [-0.2, -0.15) is 0 Å². The van der Waals surface area contributed by atoms with Crippen molar-refractivity contribution in [2.24, 2.45) is 0 Å². The summed E-state index contributed by atoms with van der Waals surface area (Å²) in [6.45, 7) is 4.06. The molecule has 0 radical (unpaired) electrons. The summed E-state index contributed by atoms with van der Waals surface area (Å²) < 4.78 is 0. The number of hydrogen-bond donors (Lipinski definition) is 2. The maximum absolute atomic E-state index is 12.1. The summed E-state index contributed by atoms with van der Waals surface area (Å²) >= 11 is 5.86. The molecule has 2 atom stereocenters. The summed E-state index contributed by atoms with van der Waals surface area (Å²) in [4.78, 5) is 13.8. The second-order valence-electron chi connectivity index (χ2n) is 5.05. The van der Waals surface area contributed by atoms with E-state index < -0.39 is 0 Å². The van der Waals surface area contributed by atoms with Crippen molar-refractivity contribution >= 4 is 17.6 Å². The second kappa shape index (κ2) is 8.12. The number of aliphatic hydroxyl groups is 1. The number of nitrogens with zero attached hydrogens (tertiary/aromatic N) is 1. The zero-order chi connectivity index (χ0) is 15.1. The maximum Gasteiger partial charge on any atom is 0.317 e. The lowest BCUT2D eigenvalue weighted by Crippen LogP contribution is -2.43. The van der Waals surface area contributed by atoms with Gasteiger partial charge < -0.3 is 15.3 Å². The van der Waals surface area contributed by atoms with Gasteiger partial charge in [0.15, 0.2) is 0 Å². The fourth-order valence-electron chi connectivity index (χ4n) is 1.92. The zero-order valence-electron chi connectivity index (χ0n) is 12.3. The quantitative estimate of drug-likeness (QED) is 0.847. The summed E-state index contributed by atoms with van der Waals surface area (Å²) in [6, 6.07) is 7.40. The Morgan fingerprint density at radius 3 is 2.50 bits per heavy atom. The summed E-state index contributed by atoms with van der Waals surface area (Å²) in [5.74, 6) is 0. The normalized spacial score (nSPS) is 13.7. The first-order valence-corrected chi connectivity index (χ1v) is 7.23. The summed E-state index contributed by atoms with van der Waals surface area (Å²) in [5, 5.41) is 12.4. The van der Waals surface area contributed by atoms with E-state index in [4.69, 9.17) is 16.7 Å². The first-order chi connectivity index (χ1) is 9.45. The standard InChI is InChI=1S/C15H23ClN2O2/c1-11(5-4-10-19)17-15(20)18(3)12(2)13-6-8-14(16)9-7-13/h6-9,11-12,19H,4-5,10H2,1-3H3,(H,17,20). The topological polar surface area (TPSA) is 52.6 Å². The van der Waals surface area contributed by atoms with Crippen LogP contribution >= 0.6 is 11.6 Å². The van der Waals surface area contributed by atoms with Gasteiger partial charge in [0.05, 0.1) is 6.04 Å². The molecule has 4 nitrogen and oxygen atoms in total. The molecule has 0 aliphatic heterocycles. The maximum atomic E-state index is 12.1. The molecule has 0 spiro atoms. The van der Waals surface area contributed by atoms with Gasteiger partial charge in [-0.05, 0) is 44.4 Å². The van der Waals surface area contributed by atoms with Crippen molar-refractivity contribution in [3.63, 3.8) is 0 Å². The van der Waals surface area contributed by atoms with Crippen LogP contribution < -0.4 is 5.32 Å². The van der Waals surface area contributed by atoms with Crippen molar-refractivity contribution in [2.75, 3.05) is 13.7 Å². The van der Waals surface area contributed by atoms with E-state index in [0.717, 1.165) is 12.0 Å². The summed E-state index contributed by atoms with van der Waals surface area (Å²) in [5.41, 5.74) is 1.04. The van der Waals surface area contributed by atoms with E-state index in [1.165, 1.54) is 0 Å². The Balaban J connectivity index is 2.57. The number of rotatable bonds is 6. The third kappa shape index (κ3) is 5.02. The van der Waals surface area contributed by atoms with Crippen LogP contribution in [0.5, 0.6) is 0 Å². The molecular weight excluding hydrogens is 276 g/mol. The molecule has 0 aliphatic rings. The lowest BCUT2D eigenvalue weighted by Gasteiger charge is -2.27. The number of urea groups is 1.